The molecule has 0 amide bonds. The summed E-state index contributed by atoms with van der Waals surface area (Å²) in [4.78, 5) is 0. The van der Waals surface area contributed by atoms with E-state index in [1.54, 1.807) is 0 Å². The van der Waals surface area contributed by atoms with E-state index in [-0.39, 0.29) is 17.9 Å². The van der Waals surface area contributed by atoms with Crippen molar-refractivity contribution in [2.75, 3.05) is 0 Å². The molecule has 0 spiro atoms. The lowest BCUT2D eigenvalue weighted by molar-refractivity contribution is -0.719. The highest BCUT2D eigenvalue weighted by atomic mass is 16.3. The van der Waals surface area contributed by atoms with Crippen LogP contribution in [-0.2, 0) is 0 Å². The molecule has 0 radical (unpaired) electrons. The first-order valence-corrected chi connectivity index (χ1v) is 12.7. The van der Waals surface area contributed by atoms with E-state index in [1.165, 1.54) is 50.1 Å². The number of rotatable bonds is 0. The zero-order chi connectivity index (χ0) is 23.4. The maximum atomic E-state index is 6.59. The molecule has 3 nitrogen and oxygen atoms in total. The molecule has 1 aliphatic carbocycles. The van der Waals surface area contributed by atoms with Gasteiger partial charge in [0.1, 0.15) is 17.1 Å². The minimum Gasteiger partial charge on any atom is -0.455 e. The third-order valence-electron chi connectivity index (χ3n) is 8.49. The van der Waals surface area contributed by atoms with Crippen LogP contribution in [-0.4, -0.2) is 0 Å². The van der Waals surface area contributed by atoms with Crippen LogP contribution in [0.2, 0.25) is 0 Å². The Labute approximate surface area is 208 Å². The van der Waals surface area contributed by atoms with Crippen molar-refractivity contribution in [2.45, 2.75) is 17.9 Å². The number of fused-ring (bicyclic) bond motifs is 12. The van der Waals surface area contributed by atoms with Crippen molar-refractivity contribution >= 4 is 27.6 Å². The van der Waals surface area contributed by atoms with Gasteiger partial charge in [0.15, 0.2) is 24.1 Å². The molecule has 6 aromatic rings. The van der Waals surface area contributed by atoms with E-state index in [4.69, 9.17) is 4.42 Å². The van der Waals surface area contributed by atoms with Crippen LogP contribution in [0.25, 0.3) is 50.2 Å². The SMILES string of the molecule is C1=C2C3c4ccccc4-c4cccc[n+]4C3C1c1ccc3c(oc4ccccc43)c1-c1cccc[n+]12. The smallest absolute Gasteiger partial charge is 0.222 e. The van der Waals surface area contributed by atoms with Crippen LogP contribution in [0, 0.1) is 0 Å². The highest BCUT2D eigenvalue weighted by Gasteiger charge is 2.56. The Hall–Kier alpha value is -4.50. The van der Waals surface area contributed by atoms with E-state index in [1.807, 2.05) is 0 Å². The Morgan fingerprint density at radius 2 is 1.44 bits per heavy atom. The van der Waals surface area contributed by atoms with Crippen LogP contribution >= 0.6 is 0 Å². The number of nitrogens with zero attached hydrogens (tertiary/aromatic N) is 2. The van der Waals surface area contributed by atoms with Gasteiger partial charge in [-0.05, 0) is 41.5 Å². The summed E-state index contributed by atoms with van der Waals surface area (Å²) in [5, 5.41) is 2.36. The molecule has 5 heterocycles. The molecule has 36 heavy (non-hydrogen) atoms. The Balaban J connectivity index is 1.41. The summed E-state index contributed by atoms with van der Waals surface area (Å²) in [7, 11) is 0. The predicted molar refractivity (Wildman–Crippen MR) is 140 cm³/mol. The molecule has 3 aromatic heterocycles. The van der Waals surface area contributed by atoms with Gasteiger partial charge in [-0.2, -0.15) is 9.13 Å². The first-order valence-electron chi connectivity index (χ1n) is 12.7. The zero-order valence-corrected chi connectivity index (χ0v) is 19.5. The standard InChI is InChI=1S/C33H22N2O/c1-2-11-22-20(9-1)26-12-5-8-18-35(26)32-25-19-28(30(22)32)34-17-7-6-13-27(34)31-23(25)15-16-24-21-10-3-4-14-29(21)36-33(24)31/h1-19,25,30,32H/q+2. The normalized spacial score (nSPS) is 20.7. The highest BCUT2D eigenvalue weighted by Crippen LogP contribution is 2.56. The molecule has 3 atom stereocenters. The van der Waals surface area contributed by atoms with Crippen LogP contribution in [0.15, 0.2) is 120 Å². The van der Waals surface area contributed by atoms with Gasteiger partial charge in [-0.15, -0.1) is 0 Å². The molecule has 2 bridgehead atoms. The molecule has 3 heteroatoms. The predicted octanol–water partition coefficient (Wildman–Crippen LogP) is 6.79. The number of aromatic nitrogens is 2. The molecular formula is C33H22N2O+2. The molecule has 2 aliphatic heterocycles. The van der Waals surface area contributed by atoms with Gasteiger partial charge in [0.25, 0.3) is 0 Å². The van der Waals surface area contributed by atoms with E-state index < -0.39 is 0 Å². The molecule has 0 saturated carbocycles. The summed E-state index contributed by atoms with van der Waals surface area (Å²) in [5.41, 5.74) is 11.1. The largest absolute Gasteiger partial charge is 0.455 e. The van der Waals surface area contributed by atoms with Crippen LogP contribution in [0.3, 0.4) is 0 Å². The van der Waals surface area contributed by atoms with Gasteiger partial charge >= 0.3 is 0 Å². The Kier molecular flexibility index (Phi) is 3.43. The molecule has 3 aromatic carbocycles. The van der Waals surface area contributed by atoms with Crippen LogP contribution in [0.1, 0.15) is 29.0 Å². The van der Waals surface area contributed by atoms with Gasteiger partial charge in [-0.1, -0.05) is 48.5 Å². The zero-order valence-electron chi connectivity index (χ0n) is 19.5. The second kappa shape index (κ2) is 6.58. The van der Waals surface area contributed by atoms with E-state index in [0.717, 1.165) is 11.2 Å². The molecule has 0 saturated heterocycles. The second-order valence-corrected chi connectivity index (χ2v) is 10.1. The number of allylic oxidation sites excluding steroid dienone is 2. The van der Waals surface area contributed by atoms with Crippen LogP contribution in [0.5, 0.6) is 0 Å². The third kappa shape index (κ3) is 2.19. The van der Waals surface area contributed by atoms with Gasteiger partial charge in [-0.25, -0.2) is 0 Å². The first-order chi connectivity index (χ1) is 17.9. The number of pyridine rings is 2. The Bertz CT molecular complexity index is 1930. The number of hydrogen-bond acceptors (Lipinski definition) is 1. The number of para-hydroxylation sites is 1. The van der Waals surface area contributed by atoms with Gasteiger partial charge < -0.3 is 4.42 Å². The van der Waals surface area contributed by atoms with E-state index in [0.29, 0.717) is 0 Å². The summed E-state index contributed by atoms with van der Waals surface area (Å²) >= 11 is 0. The topological polar surface area (TPSA) is 20.9 Å². The summed E-state index contributed by atoms with van der Waals surface area (Å²) in [6.07, 6.45) is 7.01. The van der Waals surface area contributed by atoms with Crippen LogP contribution in [0.4, 0.5) is 0 Å². The fourth-order valence-corrected chi connectivity index (χ4v) is 7.11. The fourth-order valence-electron chi connectivity index (χ4n) is 7.11. The van der Waals surface area contributed by atoms with E-state index in [2.05, 4.69) is 125 Å². The summed E-state index contributed by atoms with van der Waals surface area (Å²) in [6, 6.07) is 35.4. The third-order valence-corrected chi connectivity index (χ3v) is 8.49. The van der Waals surface area contributed by atoms with E-state index in [9.17, 15) is 0 Å². The summed E-state index contributed by atoms with van der Waals surface area (Å²) in [6.45, 7) is 0. The van der Waals surface area contributed by atoms with Crippen molar-refractivity contribution < 1.29 is 13.6 Å². The molecular weight excluding hydrogens is 440 g/mol. The van der Waals surface area contributed by atoms with Gasteiger partial charge in [0.05, 0.1) is 17.0 Å². The summed E-state index contributed by atoms with van der Waals surface area (Å²) in [5.74, 6) is 0.508. The van der Waals surface area contributed by atoms with Crippen molar-refractivity contribution in [3.8, 4) is 22.5 Å². The highest BCUT2D eigenvalue weighted by molar-refractivity contribution is 6.10. The first kappa shape index (κ1) is 18.8. The average molecular weight is 463 g/mol. The van der Waals surface area contributed by atoms with Crippen molar-refractivity contribution in [1.29, 1.82) is 0 Å². The second-order valence-electron chi connectivity index (χ2n) is 10.1. The molecule has 9 rings (SSSR count). The van der Waals surface area contributed by atoms with Crippen molar-refractivity contribution in [1.82, 2.24) is 0 Å². The lowest BCUT2D eigenvalue weighted by Gasteiger charge is -2.30. The summed E-state index contributed by atoms with van der Waals surface area (Å²) < 4.78 is 11.5. The number of benzene rings is 3. The van der Waals surface area contributed by atoms with Gasteiger partial charge in [-0.3, -0.25) is 0 Å². The molecule has 168 valence electrons. The van der Waals surface area contributed by atoms with Crippen LogP contribution < -0.4 is 9.13 Å². The molecule has 3 aliphatic rings. The minimum absolute atomic E-state index is 0.233. The molecule has 0 N–H and O–H groups in total. The minimum atomic E-state index is 0.233. The lowest BCUT2D eigenvalue weighted by atomic mass is 9.77. The Morgan fingerprint density at radius 1 is 0.639 bits per heavy atom. The van der Waals surface area contributed by atoms with Crippen molar-refractivity contribution in [3.63, 3.8) is 0 Å². The monoisotopic (exact) mass is 462 g/mol. The van der Waals surface area contributed by atoms with Crippen molar-refractivity contribution in [3.05, 3.63) is 127 Å². The quantitative estimate of drug-likeness (QED) is 0.228. The maximum Gasteiger partial charge on any atom is 0.222 e. The maximum absolute atomic E-state index is 6.59. The Morgan fingerprint density at radius 3 is 2.42 bits per heavy atom. The van der Waals surface area contributed by atoms with Gasteiger partial charge in [0.2, 0.25) is 11.4 Å². The number of hydrogen-bond donors (Lipinski definition) is 0. The lowest BCUT2D eigenvalue weighted by Crippen LogP contribution is -2.50. The van der Waals surface area contributed by atoms with Crippen molar-refractivity contribution in [2.24, 2.45) is 0 Å². The fraction of sp³-hybridized carbons (Fsp3) is 0.0909. The molecule has 3 unspecified atom stereocenters. The van der Waals surface area contributed by atoms with E-state index >= 15 is 0 Å². The number of furan rings is 1. The average Bonchev–Trinajstić information content (AvgIpc) is 3.48. The molecule has 0 fully saturated rings. The van der Waals surface area contributed by atoms with Gasteiger partial charge in [0, 0.05) is 35.0 Å².